The zero-order chi connectivity index (χ0) is 19.8. The molecule has 2 rings (SSSR count). The first-order chi connectivity index (χ1) is 12.9. The zero-order valence-corrected chi connectivity index (χ0v) is 17.7. The first-order valence-electron chi connectivity index (χ1n) is 9.54. The van der Waals surface area contributed by atoms with Gasteiger partial charge in [-0.2, -0.15) is 0 Å². The van der Waals surface area contributed by atoms with Gasteiger partial charge in [-0.15, -0.1) is 0 Å². The Balaban J connectivity index is 1.76. The molecule has 27 heavy (non-hydrogen) atoms. The Kier molecular flexibility index (Phi) is 8.38. The van der Waals surface area contributed by atoms with Crippen molar-refractivity contribution in [2.45, 2.75) is 31.8 Å². The summed E-state index contributed by atoms with van der Waals surface area (Å²) in [6.07, 6.45) is 3.04. The largest absolute Gasteiger partial charge is 0.356 e. The lowest BCUT2D eigenvalue weighted by atomic mass is 10.2. The lowest BCUT2D eigenvalue weighted by Crippen LogP contribution is -2.44. The number of rotatable bonds is 7. The molecule has 1 aromatic carbocycles. The fourth-order valence-electron chi connectivity index (χ4n) is 3.52. The second kappa shape index (κ2) is 10.5. The first kappa shape index (κ1) is 21.5. The van der Waals surface area contributed by atoms with E-state index in [-0.39, 0.29) is 11.9 Å². The van der Waals surface area contributed by atoms with Gasteiger partial charge in [0.25, 0.3) is 0 Å². The van der Waals surface area contributed by atoms with Gasteiger partial charge in [0, 0.05) is 52.8 Å². The highest BCUT2D eigenvalue weighted by molar-refractivity contribution is 6.30. The Labute approximate surface area is 168 Å². The second-order valence-corrected chi connectivity index (χ2v) is 7.68. The van der Waals surface area contributed by atoms with Gasteiger partial charge < -0.3 is 15.1 Å². The predicted molar refractivity (Wildman–Crippen MR) is 112 cm³/mol. The van der Waals surface area contributed by atoms with Gasteiger partial charge in [-0.25, -0.2) is 0 Å². The van der Waals surface area contributed by atoms with Crippen LogP contribution in [0.1, 0.15) is 24.8 Å². The molecule has 0 saturated carbocycles. The van der Waals surface area contributed by atoms with Gasteiger partial charge in [0.05, 0.1) is 6.04 Å². The van der Waals surface area contributed by atoms with E-state index >= 15 is 0 Å². The number of halogens is 1. The number of aliphatic imine (C=N–C) groups is 1. The van der Waals surface area contributed by atoms with Crippen molar-refractivity contribution in [1.29, 1.82) is 0 Å². The number of nitrogens with zero attached hydrogens (tertiary/aromatic N) is 4. The number of carbonyl (C=O) groups is 1. The molecule has 1 saturated heterocycles. The van der Waals surface area contributed by atoms with Crippen molar-refractivity contribution in [2.24, 2.45) is 4.99 Å². The fourth-order valence-corrected chi connectivity index (χ4v) is 3.74. The summed E-state index contributed by atoms with van der Waals surface area (Å²) in [4.78, 5) is 22.7. The van der Waals surface area contributed by atoms with Gasteiger partial charge in [-0.3, -0.25) is 14.7 Å². The minimum Gasteiger partial charge on any atom is -0.356 e. The van der Waals surface area contributed by atoms with Crippen LogP contribution in [0.5, 0.6) is 0 Å². The minimum atomic E-state index is 0.0461. The van der Waals surface area contributed by atoms with Crippen molar-refractivity contribution in [3.05, 3.63) is 34.9 Å². The molecular formula is C20H32ClN5O. The van der Waals surface area contributed by atoms with Crippen molar-refractivity contribution in [3.8, 4) is 0 Å². The van der Waals surface area contributed by atoms with E-state index in [2.05, 4.69) is 26.2 Å². The van der Waals surface area contributed by atoms with Crippen LogP contribution in [-0.4, -0.2) is 80.4 Å². The smallest absolute Gasteiger partial charge is 0.239 e. The molecule has 1 aromatic rings. The molecule has 1 unspecified atom stereocenters. The third-order valence-corrected chi connectivity index (χ3v) is 5.11. The van der Waals surface area contributed by atoms with E-state index in [0.717, 1.165) is 62.0 Å². The summed E-state index contributed by atoms with van der Waals surface area (Å²) < 4.78 is 0. The van der Waals surface area contributed by atoms with Gasteiger partial charge in [0.2, 0.25) is 5.91 Å². The quantitative estimate of drug-likeness (QED) is 0.438. The third kappa shape index (κ3) is 6.40. The van der Waals surface area contributed by atoms with Gasteiger partial charge >= 0.3 is 0 Å². The van der Waals surface area contributed by atoms with Crippen molar-refractivity contribution in [3.63, 3.8) is 0 Å². The average molecular weight is 394 g/mol. The van der Waals surface area contributed by atoms with Gasteiger partial charge in [-0.05, 0) is 43.5 Å². The molecule has 7 heteroatoms. The van der Waals surface area contributed by atoms with Crippen molar-refractivity contribution in [1.82, 2.24) is 20.0 Å². The summed E-state index contributed by atoms with van der Waals surface area (Å²) in [5, 5.41) is 4.16. The Morgan fingerprint density at radius 3 is 2.81 bits per heavy atom. The number of hydrogen-bond acceptors (Lipinski definition) is 3. The number of nitrogens with one attached hydrogen (secondary N) is 1. The van der Waals surface area contributed by atoms with Crippen LogP contribution in [-0.2, 0) is 11.3 Å². The molecule has 1 aliphatic heterocycles. The SMILES string of the molecule is CN=C(NCCCN1CCCC1C(=O)N(C)C)N(C)Cc1cccc(Cl)c1. The molecule has 1 aliphatic rings. The monoisotopic (exact) mass is 393 g/mol. The van der Waals surface area contributed by atoms with Crippen LogP contribution < -0.4 is 5.32 Å². The summed E-state index contributed by atoms with van der Waals surface area (Å²) >= 11 is 6.06. The number of carbonyl (C=O) groups excluding carboxylic acids is 1. The molecule has 0 aromatic heterocycles. The number of amides is 1. The van der Waals surface area contributed by atoms with Crippen molar-refractivity contribution in [2.75, 3.05) is 47.8 Å². The van der Waals surface area contributed by atoms with Gasteiger partial charge in [0.15, 0.2) is 5.96 Å². The maximum absolute atomic E-state index is 12.3. The highest BCUT2D eigenvalue weighted by Crippen LogP contribution is 2.18. The Morgan fingerprint density at radius 2 is 2.15 bits per heavy atom. The zero-order valence-electron chi connectivity index (χ0n) is 16.9. The molecule has 1 amide bonds. The molecule has 1 N–H and O–H groups in total. The summed E-state index contributed by atoms with van der Waals surface area (Å²) in [5.74, 6) is 1.08. The Morgan fingerprint density at radius 1 is 1.37 bits per heavy atom. The van der Waals surface area contributed by atoms with Crippen LogP contribution in [0.2, 0.25) is 5.02 Å². The van der Waals surface area contributed by atoms with E-state index in [1.807, 2.05) is 39.3 Å². The van der Waals surface area contributed by atoms with Crippen LogP contribution in [0.25, 0.3) is 0 Å². The number of hydrogen-bond donors (Lipinski definition) is 1. The molecule has 0 bridgehead atoms. The molecule has 0 aliphatic carbocycles. The fraction of sp³-hybridized carbons (Fsp3) is 0.600. The molecule has 0 radical (unpaired) electrons. The molecule has 6 nitrogen and oxygen atoms in total. The summed E-state index contributed by atoms with van der Waals surface area (Å²) in [5.41, 5.74) is 1.15. The second-order valence-electron chi connectivity index (χ2n) is 7.24. The Hall–Kier alpha value is -1.79. The van der Waals surface area contributed by atoms with Crippen LogP contribution >= 0.6 is 11.6 Å². The van der Waals surface area contributed by atoms with Crippen LogP contribution in [0.4, 0.5) is 0 Å². The molecule has 1 heterocycles. The third-order valence-electron chi connectivity index (χ3n) is 4.88. The van der Waals surface area contributed by atoms with E-state index in [0.29, 0.717) is 0 Å². The number of benzene rings is 1. The van der Waals surface area contributed by atoms with Crippen LogP contribution in [0, 0.1) is 0 Å². The number of likely N-dealkylation sites (N-methyl/N-ethyl adjacent to an activating group) is 1. The van der Waals surface area contributed by atoms with E-state index in [1.54, 1.807) is 11.9 Å². The number of likely N-dealkylation sites (tertiary alicyclic amines) is 1. The topological polar surface area (TPSA) is 51.2 Å². The van der Waals surface area contributed by atoms with E-state index in [4.69, 9.17) is 11.6 Å². The predicted octanol–water partition coefficient (Wildman–Crippen LogP) is 2.29. The van der Waals surface area contributed by atoms with Crippen molar-refractivity contribution >= 4 is 23.5 Å². The lowest BCUT2D eigenvalue weighted by molar-refractivity contribution is -0.133. The van der Waals surface area contributed by atoms with Crippen molar-refractivity contribution < 1.29 is 4.79 Å². The minimum absolute atomic E-state index is 0.0461. The molecule has 1 atom stereocenters. The maximum atomic E-state index is 12.3. The molecule has 1 fully saturated rings. The highest BCUT2D eigenvalue weighted by atomic mass is 35.5. The molecular weight excluding hydrogens is 362 g/mol. The highest BCUT2D eigenvalue weighted by Gasteiger charge is 2.30. The first-order valence-corrected chi connectivity index (χ1v) is 9.91. The summed E-state index contributed by atoms with van der Waals surface area (Å²) in [6.45, 7) is 3.50. The van der Waals surface area contributed by atoms with E-state index in [1.165, 1.54) is 0 Å². The lowest BCUT2D eigenvalue weighted by Gasteiger charge is -2.26. The van der Waals surface area contributed by atoms with Gasteiger partial charge in [0.1, 0.15) is 0 Å². The Bertz CT molecular complexity index is 649. The summed E-state index contributed by atoms with van der Waals surface area (Å²) in [7, 11) is 7.48. The maximum Gasteiger partial charge on any atom is 0.239 e. The molecule has 150 valence electrons. The molecule has 0 spiro atoms. The normalized spacial score (nSPS) is 17.8. The van der Waals surface area contributed by atoms with Crippen LogP contribution in [0.15, 0.2) is 29.3 Å². The van der Waals surface area contributed by atoms with E-state index < -0.39 is 0 Å². The van der Waals surface area contributed by atoms with E-state index in [9.17, 15) is 4.79 Å². The van der Waals surface area contributed by atoms with Crippen LogP contribution in [0.3, 0.4) is 0 Å². The number of guanidine groups is 1. The standard InChI is InChI=1S/C20H32ClN5O/c1-22-20(25(4)15-16-8-5-9-17(21)14-16)23-11-7-13-26-12-6-10-18(26)19(27)24(2)3/h5,8-9,14,18H,6-7,10-13,15H2,1-4H3,(H,22,23). The average Bonchev–Trinajstić information content (AvgIpc) is 3.09. The van der Waals surface area contributed by atoms with Gasteiger partial charge in [-0.1, -0.05) is 23.7 Å². The summed E-state index contributed by atoms with van der Waals surface area (Å²) in [6, 6.07) is 7.92.